The molecule has 3 aromatic rings. The zero-order valence-electron chi connectivity index (χ0n) is 16.0. The highest BCUT2D eigenvalue weighted by Gasteiger charge is 2.37. The molecule has 0 aliphatic rings. The number of nitrogens with zero attached hydrogens (tertiary/aromatic N) is 5. The van der Waals surface area contributed by atoms with E-state index in [0.717, 1.165) is 12.1 Å². The molecular weight excluding hydrogens is 452 g/mol. The molecule has 12 heteroatoms. The first kappa shape index (κ1) is 23.1. The maximum Gasteiger partial charge on any atom is 0.416 e. The molecule has 0 atom stereocenters. The number of hydrogen-bond acceptors (Lipinski definition) is 6. The van der Waals surface area contributed by atoms with Crippen LogP contribution in [0.15, 0.2) is 34.7 Å². The minimum Gasteiger partial charge on any atom is -0.438 e. The van der Waals surface area contributed by atoms with Gasteiger partial charge in [-0.2, -0.15) is 47.4 Å². The molecule has 6 nitrogen and oxygen atoms in total. The fourth-order valence-electron chi connectivity index (χ4n) is 3.04. The zero-order chi connectivity index (χ0) is 24.6. The van der Waals surface area contributed by atoms with Gasteiger partial charge in [-0.3, -0.25) is 0 Å². The van der Waals surface area contributed by atoms with Crippen LogP contribution in [-0.2, 0) is 12.4 Å². The number of nitriles is 4. The molecule has 0 spiro atoms. The summed E-state index contributed by atoms with van der Waals surface area (Å²) in [5.41, 5.74) is -4.47. The van der Waals surface area contributed by atoms with Gasteiger partial charge in [0, 0.05) is 0 Å². The smallest absolute Gasteiger partial charge is 0.416 e. The molecule has 1 heterocycles. The van der Waals surface area contributed by atoms with Crippen LogP contribution in [0.5, 0.6) is 0 Å². The van der Waals surface area contributed by atoms with Crippen LogP contribution in [0.3, 0.4) is 0 Å². The average Bonchev–Trinajstić information content (AvgIpc) is 3.16. The van der Waals surface area contributed by atoms with E-state index in [4.69, 9.17) is 14.9 Å². The second-order valence-electron chi connectivity index (χ2n) is 6.64. The lowest BCUT2D eigenvalue weighted by Crippen LogP contribution is -2.11. The molecule has 164 valence electrons. The van der Waals surface area contributed by atoms with Crippen LogP contribution in [-0.4, -0.2) is 4.98 Å². The largest absolute Gasteiger partial charge is 0.438 e. The summed E-state index contributed by atoms with van der Waals surface area (Å²) in [6.07, 6.45) is -10.2. The van der Waals surface area contributed by atoms with Crippen LogP contribution in [0, 0.1) is 45.3 Å². The van der Waals surface area contributed by atoms with Gasteiger partial charge < -0.3 is 4.42 Å². The van der Waals surface area contributed by atoms with Crippen LogP contribution >= 0.6 is 0 Å². The molecule has 2 aromatic carbocycles. The van der Waals surface area contributed by atoms with E-state index in [-0.39, 0.29) is 34.2 Å². The van der Waals surface area contributed by atoms with Gasteiger partial charge in [0.2, 0.25) is 11.8 Å². The van der Waals surface area contributed by atoms with Crippen molar-refractivity contribution >= 4 is 11.1 Å². The van der Waals surface area contributed by atoms with Crippen LogP contribution in [0.2, 0.25) is 0 Å². The molecular formula is C21H7F6N5O. The maximum atomic E-state index is 13.3. The first-order chi connectivity index (χ1) is 15.4. The number of rotatable bonds is 3. The molecule has 0 saturated heterocycles. The van der Waals surface area contributed by atoms with E-state index in [0.29, 0.717) is 12.1 Å². The average molecular weight is 459 g/mol. The molecule has 3 rings (SSSR count). The summed E-state index contributed by atoms with van der Waals surface area (Å²) in [7, 11) is 0. The Bertz CT molecular complexity index is 1350. The highest BCUT2D eigenvalue weighted by Crippen LogP contribution is 2.41. The van der Waals surface area contributed by atoms with Gasteiger partial charge in [-0.25, -0.2) is 4.98 Å². The van der Waals surface area contributed by atoms with E-state index in [9.17, 15) is 36.9 Å². The Morgan fingerprint density at radius 2 is 1.24 bits per heavy atom. The number of benzene rings is 2. The summed E-state index contributed by atoms with van der Waals surface area (Å²) >= 11 is 0. The maximum absolute atomic E-state index is 13.3. The van der Waals surface area contributed by atoms with Gasteiger partial charge in [0.25, 0.3) is 0 Å². The first-order valence-electron chi connectivity index (χ1n) is 8.75. The molecule has 0 fully saturated rings. The van der Waals surface area contributed by atoms with Crippen LogP contribution in [0.25, 0.3) is 22.2 Å². The SMILES string of the molecule is N#CC(C#N)c1nc2cc(-c3cc(C(F)(F)F)cc(C(F)(F)F)c3)c(C(C#N)C#N)cc2o1. The van der Waals surface area contributed by atoms with E-state index >= 15 is 0 Å². The monoisotopic (exact) mass is 459 g/mol. The van der Waals surface area contributed by atoms with Crippen molar-refractivity contribution in [3.63, 3.8) is 0 Å². The molecule has 0 aliphatic heterocycles. The Hall–Kier alpha value is -4.55. The zero-order valence-corrected chi connectivity index (χ0v) is 16.0. The first-order valence-corrected chi connectivity index (χ1v) is 8.75. The van der Waals surface area contributed by atoms with Crippen molar-refractivity contribution in [1.29, 1.82) is 21.0 Å². The van der Waals surface area contributed by atoms with Crippen molar-refractivity contribution in [2.75, 3.05) is 0 Å². The van der Waals surface area contributed by atoms with Crippen LogP contribution in [0.1, 0.15) is 34.4 Å². The predicted molar refractivity (Wildman–Crippen MR) is 97.4 cm³/mol. The Morgan fingerprint density at radius 3 is 1.70 bits per heavy atom. The van der Waals surface area contributed by atoms with Gasteiger partial charge >= 0.3 is 12.4 Å². The standard InChI is InChI=1S/C21H7F6N5O/c22-20(23,24)13-1-10(2-14(3-13)21(25,26)27)15-4-17-18(5-16(15)11(6-28)7-29)33-19(32-17)12(8-30)9-31/h1-5,11-12H. The third-order valence-corrected chi connectivity index (χ3v) is 4.55. The summed E-state index contributed by atoms with van der Waals surface area (Å²) < 4.78 is 85.1. The summed E-state index contributed by atoms with van der Waals surface area (Å²) in [5, 5.41) is 36.6. The third-order valence-electron chi connectivity index (χ3n) is 4.55. The Morgan fingerprint density at radius 1 is 0.727 bits per heavy atom. The van der Waals surface area contributed by atoms with Gasteiger partial charge in [-0.05, 0) is 47.0 Å². The number of oxazole rings is 1. The molecule has 0 bridgehead atoms. The minimum absolute atomic E-state index is 0.0492. The normalized spacial score (nSPS) is 11.8. The highest BCUT2D eigenvalue weighted by molar-refractivity contribution is 5.84. The third kappa shape index (κ3) is 4.42. The molecule has 0 amide bonds. The fourth-order valence-corrected chi connectivity index (χ4v) is 3.04. The Balaban J connectivity index is 2.39. The van der Waals surface area contributed by atoms with E-state index in [1.807, 2.05) is 0 Å². The van der Waals surface area contributed by atoms with Gasteiger partial charge in [0.1, 0.15) is 5.52 Å². The fraction of sp³-hybridized carbons (Fsp3) is 0.190. The second-order valence-corrected chi connectivity index (χ2v) is 6.64. The van der Waals surface area contributed by atoms with Gasteiger partial charge in [0.05, 0.1) is 35.4 Å². The second kappa shape index (κ2) is 8.18. The van der Waals surface area contributed by atoms with E-state index in [1.54, 1.807) is 24.3 Å². The molecule has 1 aromatic heterocycles. The van der Waals surface area contributed by atoms with Crippen molar-refractivity contribution in [3.05, 3.63) is 52.9 Å². The summed E-state index contributed by atoms with van der Waals surface area (Å²) in [4.78, 5) is 3.91. The molecule has 0 aliphatic carbocycles. The van der Waals surface area contributed by atoms with Crippen molar-refractivity contribution in [2.45, 2.75) is 24.2 Å². The number of alkyl halides is 6. The van der Waals surface area contributed by atoms with Crippen molar-refractivity contribution in [1.82, 2.24) is 4.98 Å². The Kier molecular flexibility index (Phi) is 5.73. The van der Waals surface area contributed by atoms with E-state index in [2.05, 4.69) is 4.98 Å². The lowest BCUT2D eigenvalue weighted by Gasteiger charge is -2.16. The lowest BCUT2D eigenvalue weighted by atomic mass is 9.89. The van der Waals surface area contributed by atoms with Crippen LogP contribution in [0.4, 0.5) is 26.3 Å². The van der Waals surface area contributed by atoms with Gasteiger partial charge in [0.15, 0.2) is 11.5 Å². The molecule has 0 unspecified atom stereocenters. The topological polar surface area (TPSA) is 121 Å². The quantitative estimate of drug-likeness (QED) is 0.457. The molecule has 0 saturated carbocycles. The predicted octanol–water partition coefficient (Wildman–Crippen LogP) is 5.79. The minimum atomic E-state index is -5.11. The van der Waals surface area contributed by atoms with E-state index in [1.165, 1.54) is 0 Å². The number of aromatic nitrogens is 1. The van der Waals surface area contributed by atoms with Gasteiger partial charge in [-0.15, -0.1) is 0 Å². The molecule has 0 radical (unpaired) electrons. The van der Waals surface area contributed by atoms with Crippen molar-refractivity contribution < 1.29 is 30.8 Å². The van der Waals surface area contributed by atoms with Crippen LogP contribution < -0.4 is 0 Å². The number of fused-ring (bicyclic) bond motifs is 1. The summed E-state index contributed by atoms with van der Waals surface area (Å²) in [6.45, 7) is 0. The molecule has 0 N–H and O–H groups in total. The lowest BCUT2D eigenvalue weighted by molar-refractivity contribution is -0.143. The van der Waals surface area contributed by atoms with E-state index < -0.39 is 40.9 Å². The Labute approximate surface area is 181 Å². The number of halogens is 6. The van der Waals surface area contributed by atoms with Crippen molar-refractivity contribution in [2.24, 2.45) is 0 Å². The summed E-state index contributed by atoms with van der Waals surface area (Å²) in [5.74, 6) is -3.37. The molecule has 33 heavy (non-hydrogen) atoms. The number of hydrogen-bond donors (Lipinski definition) is 0. The van der Waals surface area contributed by atoms with Gasteiger partial charge in [-0.1, -0.05) is 0 Å². The summed E-state index contributed by atoms with van der Waals surface area (Å²) in [6, 6.07) is 9.42. The van der Waals surface area contributed by atoms with Crippen molar-refractivity contribution in [3.8, 4) is 35.4 Å². The highest BCUT2D eigenvalue weighted by atomic mass is 19.4.